The zero-order valence-corrected chi connectivity index (χ0v) is 16.0. The van der Waals surface area contributed by atoms with Gasteiger partial charge in [-0.15, -0.1) is 0 Å². The molecule has 0 aliphatic carbocycles. The second-order valence-corrected chi connectivity index (χ2v) is 6.95. The van der Waals surface area contributed by atoms with E-state index in [4.69, 9.17) is 9.47 Å². The Labute approximate surface area is 166 Å². The van der Waals surface area contributed by atoms with Crippen LogP contribution in [0.25, 0.3) is 5.82 Å². The van der Waals surface area contributed by atoms with Gasteiger partial charge in [0.15, 0.2) is 23.1 Å². The minimum Gasteiger partial charge on any atom is -0.493 e. The number of nitrogens with one attached hydrogen (secondary N) is 1. The third-order valence-electron chi connectivity index (χ3n) is 4.99. The number of rotatable bonds is 4. The number of ether oxygens (including phenoxy) is 2. The highest BCUT2D eigenvalue weighted by Crippen LogP contribution is 2.37. The van der Waals surface area contributed by atoms with Crippen molar-refractivity contribution in [2.75, 3.05) is 23.9 Å². The highest BCUT2D eigenvalue weighted by molar-refractivity contribution is 5.97. The molecular weight excluding hydrogens is 374 g/mol. The van der Waals surface area contributed by atoms with Crippen LogP contribution in [0.15, 0.2) is 31.0 Å². The van der Waals surface area contributed by atoms with Crippen LogP contribution in [0.3, 0.4) is 0 Å². The molecule has 1 amide bonds. The van der Waals surface area contributed by atoms with E-state index in [0.717, 1.165) is 12.1 Å². The molecule has 5 rings (SSSR count). The maximum atomic E-state index is 12.3. The van der Waals surface area contributed by atoms with E-state index in [-0.39, 0.29) is 11.9 Å². The minimum atomic E-state index is 0.0393. The molecule has 5 heterocycles. The second kappa shape index (κ2) is 6.73. The maximum absolute atomic E-state index is 12.3. The van der Waals surface area contributed by atoms with Crippen LogP contribution in [0, 0.1) is 6.92 Å². The van der Waals surface area contributed by atoms with Crippen molar-refractivity contribution in [3.63, 3.8) is 0 Å². The molecule has 1 fully saturated rings. The van der Waals surface area contributed by atoms with Gasteiger partial charge in [-0.05, 0) is 13.3 Å². The van der Waals surface area contributed by atoms with Crippen LogP contribution in [0.2, 0.25) is 0 Å². The molecule has 0 radical (unpaired) electrons. The van der Waals surface area contributed by atoms with Crippen LogP contribution in [0.4, 0.5) is 17.5 Å². The Morgan fingerprint density at radius 1 is 1.24 bits per heavy atom. The van der Waals surface area contributed by atoms with E-state index in [1.807, 2.05) is 13.1 Å². The number of carbonyl (C=O) groups excluding carboxylic acids is 1. The third kappa shape index (κ3) is 3.02. The first-order valence-corrected chi connectivity index (χ1v) is 9.26. The SMILES string of the molecule is COc1cc(Nc2ncc3c(n2)N2C(=O)CCC2CO3)cnc1-n1cnc(C)c1. The first kappa shape index (κ1) is 17.4. The third-order valence-corrected chi connectivity index (χ3v) is 4.99. The molecular formula is C19H19N7O3. The lowest BCUT2D eigenvalue weighted by atomic mass is 10.2. The maximum Gasteiger partial charge on any atom is 0.229 e. The van der Waals surface area contributed by atoms with Crippen LogP contribution >= 0.6 is 0 Å². The Hall–Kier alpha value is -3.69. The van der Waals surface area contributed by atoms with Gasteiger partial charge in [0, 0.05) is 18.7 Å². The fourth-order valence-electron chi connectivity index (χ4n) is 3.59. The van der Waals surface area contributed by atoms with Crippen molar-refractivity contribution < 1.29 is 14.3 Å². The summed E-state index contributed by atoms with van der Waals surface area (Å²) in [6, 6.07) is 1.85. The zero-order chi connectivity index (χ0) is 20.0. The Morgan fingerprint density at radius 3 is 2.93 bits per heavy atom. The number of aryl methyl sites for hydroxylation is 1. The number of hydrogen-bond donors (Lipinski definition) is 1. The molecule has 0 aromatic carbocycles. The van der Waals surface area contributed by atoms with Gasteiger partial charge in [0.05, 0.1) is 36.9 Å². The lowest BCUT2D eigenvalue weighted by Crippen LogP contribution is -2.41. The highest BCUT2D eigenvalue weighted by atomic mass is 16.5. The predicted molar refractivity (Wildman–Crippen MR) is 104 cm³/mol. The summed E-state index contributed by atoms with van der Waals surface area (Å²) in [6.07, 6.45) is 8.09. The van der Waals surface area contributed by atoms with E-state index in [0.29, 0.717) is 47.8 Å². The molecule has 0 bridgehead atoms. The standard InChI is InChI=1S/C19H19N7O3/c1-11-8-25(10-22-11)17-14(28-2)5-12(6-20-17)23-19-21-7-15-18(24-19)26-13(9-29-15)3-4-16(26)27/h5-8,10,13H,3-4,9H2,1-2H3,(H,21,23,24). The molecule has 1 saturated heterocycles. The Kier molecular flexibility index (Phi) is 4.04. The van der Waals surface area contributed by atoms with Crippen molar-refractivity contribution >= 4 is 23.4 Å². The molecule has 1 unspecified atom stereocenters. The largest absolute Gasteiger partial charge is 0.493 e. The number of aromatic nitrogens is 5. The number of imidazole rings is 1. The summed E-state index contributed by atoms with van der Waals surface area (Å²) in [7, 11) is 1.58. The summed E-state index contributed by atoms with van der Waals surface area (Å²) >= 11 is 0. The molecule has 2 aliphatic rings. The van der Waals surface area contributed by atoms with Gasteiger partial charge < -0.3 is 14.8 Å². The van der Waals surface area contributed by atoms with Gasteiger partial charge in [-0.3, -0.25) is 14.3 Å². The number of hydrogen-bond acceptors (Lipinski definition) is 8. The van der Waals surface area contributed by atoms with E-state index in [9.17, 15) is 4.79 Å². The van der Waals surface area contributed by atoms with Crippen LogP contribution in [-0.4, -0.2) is 50.2 Å². The molecule has 0 spiro atoms. The van der Waals surface area contributed by atoms with E-state index in [2.05, 4.69) is 25.3 Å². The molecule has 10 nitrogen and oxygen atoms in total. The van der Waals surface area contributed by atoms with Crippen molar-refractivity contribution in [1.29, 1.82) is 0 Å². The van der Waals surface area contributed by atoms with Gasteiger partial charge in [0.1, 0.15) is 12.9 Å². The van der Waals surface area contributed by atoms with Crippen LogP contribution in [0.5, 0.6) is 11.5 Å². The number of fused-ring (bicyclic) bond motifs is 3. The Morgan fingerprint density at radius 2 is 2.14 bits per heavy atom. The van der Waals surface area contributed by atoms with Crippen LogP contribution in [-0.2, 0) is 4.79 Å². The highest BCUT2D eigenvalue weighted by Gasteiger charge is 2.38. The molecule has 29 heavy (non-hydrogen) atoms. The molecule has 3 aromatic heterocycles. The number of carbonyl (C=O) groups is 1. The Bertz CT molecular complexity index is 1100. The van der Waals surface area contributed by atoms with E-state index in [1.54, 1.807) is 41.4 Å². The smallest absolute Gasteiger partial charge is 0.229 e. The van der Waals surface area contributed by atoms with E-state index >= 15 is 0 Å². The number of anilines is 3. The summed E-state index contributed by atoms with van der Waals surface area (Å²) in [4.78, 5) is 31.5. The fraction of sp³-hybridized carbons (Fsp3) is 0.316. The van der Waals surface area contributed by atoms with Gasteiger partial charge in [-0.2, -0.15) is 4.98 Å². The fourth-order valence-corrected chi connectivity index (χ4v) is 3.59. The normalized spacial score (nSPS) is 17.5. The van der Waals surface area contributed by atoms with Crippen molar-refractivity contribution in [3.8, 4) is 17.3 Å². The number of amides is 1. The monoisotopic (exact) mass is 393 g/mol. The summed E-state index contributed by atoms with van der Waals surface area (Å²) in [5.74, 6) is 2.64. The average molecular weight is 393 g/mol. The number of methoxy groups -OCH3 is 1. The molecule has 2 aliphatic heterocycles. The average Bonchev–Trinajstić information content (AvgIpc) is 3.33. The van der Waals surface area contributed by atoms with Gasteiger partial charge in [0.2, 0.25) is 11.9 Å². The molecule has 10 heteroatoms. The first-order valence-electron chi connectivity index (χ1n) is 9.26. The summed E-state index contributed by atoms with van der Waals surface area (Å²) < 4.78 is 13.0. The van der Waals surface area contributed by atoms with Gasteiger partial charge in [-0.25, -0.2) is 15.0 Å². The lowest BCUT2D eigenvalue weighted by Gasteiger charge is -2.30. The first-order chi connectivity index (χ1) is 14.1. The summed E-state index contributed by atoms with van der Waals surface area (Å²) in [6.45, 7) is 2.39. The molecule has 148 valence electrons. The second-order valence-electron chi connectivity index (χ2n) is 6.95. The molecule has 0 saturated carbocycles. The quantitative estimate of drug-likeness (QED) is 0.717. The van der Waals surface area contributed by atoms with E-state index in [1.165, 1.54) is 0 Å². The van der Waals surface area contributed by atoms with E-state index < -0.39 is 0 Å². The minimum absolute atomic E-state index is 0.0393. The molecule has 1 atom stereocenters. The lowest BCUT2D eigenvalue weighted by molar-refractivity contribution is -0.117. The predicted octanol–water partition coefficient (Wildman–Crippen LogP) is 2.01. The summed E-state index contributed by atoms with van der Waals surface area (Å²) in [5.41, 5.74) is 1.54. The van der Waals surface area contributed by atoms with Crippen LogP contribution in [0.1, 0.15) is 18.5 Å². The van der Waals surface area contributed by atoms with Crippen molar-refractivity contribution in [3.05, 3.63) is 36.7 Å². The molecule has 1 N–H and O–H groups in total. The summed E-state index contributed by atoms with van der Waals surface area (Å²) in [5, 5.41) is 3.12. The van der Waals surface area contributed by atoms with Gasteiger partial charge >= 0.3 is 0 Å². The van der Waals surface area contributed by atoms with Crippen molar-refractivity contribution in [2.24, 2.45) is 0 Å². The zero-order valence-electron chi connectivity index (χ0n) is 16.0. The van der Waals surface area contributed by atoms with Gasteiger partial charge in [-0.1, -0.05) is 0 Å². The van der Waals surface area contributed by atoms with Crippen LogP contribution < -0.4 is 19.7 Å². The van der Waals surface area contributed by atoms with Crippen molar-refractivity contribution in [1.82, 2.24) is 24.5 Å². The van der Waals surface area contributed by atoms with Gasteiger partial charge in [0.25, 0.3) is 0 Å². The molecule has 3 aromatic rings. The van der Waals surface area contributed by atoms with Crippen molar-refractivity contribution in [2.45, 2.75) is 25.8 Å². The Balaban J connectivity index is 1.44. The number of nitrogens with zero attached hydrogens (tertiary/aromatic N) is 6. The number of pyridine rings is 1. The topological polar surface area (TPSA) is 107 Å².